The molecule has 0 unspecified atom stereocenters. The first-order valence-corrected chi connectivity index (χ1v) is 4.54. The van der Waals surface area contributed by atoms with Crippen LogP contribution in [0.1, 0.15) is 12.6 Å². The van der Waals surface area contributed by atoms with Crippen LogP contribution in [0, 0.1) is 3.57 Å². The molecule has 3 heteroatoms. The first-order chi connectivity index (χ1) is 5.27. The van der Waals surface area contributed by atoms with E-state index in [0.29, 0.717) is 0 Å². The number of methoxy groups -OCH3 is 1. The molecule has 0 fully saturated rings. The fraction of sp³-hybridized carbons (Fsp3) is 0.375. The summed E-state index contributed by atoms with van der Waals surface area (Å²) in [6.07, 6.45) is 2.77. The van der Waals surface area contributed by atoms with E-state index in [1.807, 2.05) is 12.3 Å². The monoisotopic (exact) mass is 263 g/mol. The van der Waals surface area contributed by atoms with Gasteiger partial charge < -0.3 is 4.74 Å². The molecule has 0 saturated heterocycles. The number of nitrogens with zero attached hydrogens (tertiary/aromatic N) is 1. The molecule has 0 N–H and O–H groups in total. The van der Waals surface area contributed by atoms with Gasteiger partial charge in [0.1, 0.15) is 5.75 Å². The average Bonchev–Trinajstić information content (AvgIpc) is 2.04. The largest absolute Gasteiger partial charge is 0.495 e. The molecule has 1 aromatic rings. The van der Waals surface area contributed by atoms with Gasteiger partial charge in [-0.05, 0) is 35.1 Å². The van der Waals surface area contributed by atoms with Gasteiger partial charge in [0.2, 0.25) is 0 Å². The molecule has 2 nitrogen and oxygen atoms in total. The molecule has 11 heavy (non-hydrogen) atoms. The molecule has 0 atom stereocenters. The third kappa shape index (κ3) is 2.05. The molecule has 60 valence electrons. The van der Waals surface area contributed by atoms with Gasteiger partial charge in [0.25, 0.3) is 0 Å². The van der Waals surface area contributed by atoms with Crippen molar-refractivity contribution in [1.29, 1.82) is 0 Å². The Bertz CT molecular complexity index is 250. The molecule has 0 aliphatic carbocycles. The van der Waals surface area contributed by atoms with Gasteiger partial charge in [0, 0.05) is 9.77 Å². The Morgan fingerprint density at radius 1 is 1.64 bits per heavy atom. The Morgan fingerprint density at radius 3 is 2.91 bits per heavy atom. The van der Waals surface area contributed by atoms with E-state index in [0.717, 1.165) is 21.4 Å². The maximum Gasteiger partial charge on any atom is 0.141 e. The molecule has 0 bridgehead atoms. The number of aryl methyl sites for hydroxylation is 1. The highest BCUT2D eigenvalue weighted by Gasteiger charge is 2.01. The number of pyridine rings is 1. The smallest absolute Gasteiger partial charge is 0.141 e. The Labute approximate surface area is 80.1 Å². The molecule has 1 aromatic heterocycles. The molecule has 0 spiro atoms. The maximum absolute atomic E-state index is 5.15. The summed E-state index contributed by atoms with van der Waals surface area (Å²) in [5.74, 6) is 0.888. The molecule has 0 aromatic carbocycles. The first-order valence-electron chi connectivity index (χ1n) is 3.46. The highest BCUT2D eigenvalue weighted by Crippen LogP contribution is 2.18. The second-order valence-electron chi connectivity index (χ2n) is 2.16. The van der Waals surface area contributed by atoms with E-state index in [1.165, 1.54) is 0 Å². The number of ether oxygens (including phenoxy) is 1. The lowest BCUT2D eigenvalue weighted by Gasteiger charge is -2.04. The Morgan fingerprint density at radius 2 is 2.36 bits per heavy atom. The van der Waals surface area contributed by atoms with Crippen LogP contribution >= 0.6 is 22.6 Å². The molecule has 0 amide bonds. The van der Waals surface area contributed by atoms with Crippen molar-refractivity contribution in [3.05, 3.63) is 21.5 Å². The number of aromatic nitrogens is 1. The van der Waals surface area contributed by atoms with Crippen LogP contribution in [-0.4, -0.2) is 12.1 Å². The summed E-state index contributed by atoms with van der Waals surface area (Å²) >= 11 is 2.22. The van der Waals surface area contributed by atoms with Crippen LogP contribution in [0.25, 0.3) is 0 Å². The van der Waals surface area contributed by atoms with Crippen molar-refractivity contribution in [2.75, 3.05) is 7.11 Å². The molecule has 0 saturated carbocycles. The van der Waals surface area contributed by atoms with Crippen LogP contribution in [0.4, 0.5) is 0 Å². The zero-order valence-electron chi connectivity index (χ0n) is 6.60. The number of hydrogen-bond donors (Lipinski definition) is 0. The van der Waals surface area contributed by atoms with E-state index in [-0.39, 0.29) is 0 Å². The lowest BCUT2D eigenvalue weighted by atomic mass is 10.3. The van der Waals surface area contributed by atoms with Crippen LogP contribution in [-0.2, 0) is 6.42 Å². The number of hydrogen-bond acceptors (Lipinski definition) is 2. The lowest BCUT2D eigenvalue weighted by Crippen LogP contribution is -1.94. The van der Waals surface area contributed by atoms with E-state index in [9.17, 15) is 0 Å². The van der Waals surface area contributed by atoms with E-state index in [1.54, 1.807) is 7.11 Å². The highest BCUT2D eigenvalue weighted by atomic mass is 127. The third-order valence-electron chi connectivity index (χ3n) is 1.45. The molecule has 1 heterocycles. The maximum atomic E-state index is 5.15. The normalized spacial score (nSPS) is 9.73. The Kier molecular flexibility index (Phi) is 3.11. The molecular weight excluding hydrogens is 253 g/mol. The predicted octanol–water partition coefficient (Wildman–Crippen LogP) is 2.26. The van der Waals surface area contributed by atoms with E-state index in [4.69, 9.17) is 4.74 Å². The van der Waals surface area contributed by atoms with Crippen LogP contribution in [0.3, 0.4) is 0 Å². The molecule has 1 rings (SSSR count). The van der Waals surface area contributed by atoms with Gasteiger partial charge >= 0.3 is 0 Å². The van der Waals surface area contributed by atoms with E-state index >= 15 is 0 Å². The fourth-order valence-electron chi connectivity index (χ4n) is 0.891. The second-order valence-corrected chi connectivity index (χ2v) is 3.40. The van der Waals surface area contributed by atoms with E-state index < -0.39 is 0 Å². The van der Waals surface area contributed by atoms with Crippen LogP contribution < -0.4 is 4.74 Å². The summed E-state index contributed by atoms with van der Waals surface area (Å²) in [6, 6.07) is 1.99. The van der Waals surface area contributed by atoms with Crippen molar-refractivity contribution in [1.82, 2.24) is 4.98 Å². The molecule has 0 aliphatic rings. The van der Waals surface area contributed by atoms with Gasteiger partial charge in [0.05, 0.1) is 12.8 Å². The van der Waals surface area contributed by atoms with Crippen molar-refractivity contribution in [3.63, 3.8) is 0 Å². The van der Waals surface area contributed by atoms with Crippen molar-refractivity contribution in [2.45, 2.75) is 13.3 Å². The summed E-state index contributed by atoms with van der Waals surface area (Å²) in [5.41, 5.74) is 1.02. The van der Waals surface area contributed by atoms with Crippen molar-refractivity contribution in [2.24, 2.45) is 0 Å². The minimum Gasteiger partial charge on any atom is -0.495 e. The summed E-state index contributed by atoms with van der Waals surface area (Å²) in [5, 5.41) is 0. The molecule has 0 radical (unpaired) electrons. The quantitative estimate of drug-likeness (QED) is 0.763. The fourth-order valence-corrected chi connectivity index (χ4v) is 1.31. The minimum absolute atomic E-state index is 0.888. The van der Waals surface area contributed by atoms with Gasteiger partial charge in [-0.25, -0.2) is 0 Å². The van der Waals surface area contributed by atoms with Gasteiger partial charge in [-0.3, -0.25) is 4.98 Å². The zero-order chi connectivity index (χ0) is 8.27. The van der Waals surface area contributed by atoms with Crippen molar-refractivity contribution < 1.29 is 4.74 Å². The Hall–Kier alpha value is -0.320. The molecular formula is C8H10INO. The summed E-state index contributed by atoms with van der Waals surface area (Å²) in [7, 11) is 1.67. The van der Waals surface area contributed by atoms with Crippen molar-refractivity contribution in [3.8, 4) is 5.75 Å². The standard InChI is InChI=1S/C8H10INO/c1-3-7-8(11-2)4-6(9)5-10-7/h4-5H,3H2,1-2H3. The van der Waals surface area contributed by atoms with Gasteiger partial charge in [-0.15, -0.1) is 0 Å². The van der Waals surface area contributed by atoms with Crippen LogP contribution in [0.15, 0.2) is 12.3 Å². The van der Waals surface area contributed by atoms with Crippen molar-refractivity contribution >= 4 is 22.6 Å². The summed E-state index contributed by atoms with van der Waals surface area (Å²) in [6.45, 7) is 2.07. The number of rotatable bonds is 2. The SMILES string of the molecule is CCc1ncc(I)cc1OC. The summed E-state index contributed by atoms with van der Waals surface area (Å²) < 4.78 is 6.26. The first kappa shape index (κ1) is 8.77. The highest BCUT2D eigenvalue weighted by molar-refractivity contribution is 14.1. The Balaban J connectivity index is 3.06. The predicted molar refractivity (Wildman–Crippen MR) is 52.9 cm³/mol. The topological polar surface area (TPSA) is 22.1 Å². The van der Waals surface area contributed by atoms with Gasteiger partial charge in [-0.2, -0.15) is 0 Å². The van der Waals surface area contributed by atoms with Gasteiger partial charge in [-0.1, -0.05) is 6.92 Å². The zero-order valence-corrected chi connectivity index (χ0v) is 8.75. The second kappa shape index (κ2) is 3.90. The summed E-state index contributed by atoms with van der Waals surface area (Å²) in [4.78, 5) is 4.24. The third-order valence-corrected chi connectivity index (χ3v) is 2.04. The minimum atomic E-state index is 0.888. The van der Waals surface area contributed by atoms with Gasteiger partial charge in [0.15, 0.2) is 0 Å². The molecule has 0 aliphatic heterocycles. The van der Waals surface area contributed by atoms with Crippen LogP contribution in [0.2, 0.25) is 0 Å². The van der Waals surface area contributed by atoms with Crippen LogP contribution in [0.5, 0.6) is 5.75 Å². The van der Waals surface area contributed by atoms with E-state index in [2.05, 4.69) is 34.5 Å². The average molecular weight is 263 g/mol. The number of halogens is 1. The lowest BCUT2D eigenvalue weighted by molar-refractivity contribution is 0.407.